The van der Waals surface area contributed by atoms with Gasteiger partial charge in [0.1, 0.15) is 0 Å². The number of pyridine rings is 1. The molecule has 0 spiro atoms. The van der Waals surface area contributed by atoms with Crippen LogP contribution in [-0.4, -0.2) is 77.5 Å². The van der Waals surface area contributed by atoms with E-state index in [2.05, 4.69) is 54.9 Å². The maximum Gasteiger partial charge on any atom is 0.248 e. The molecule has 1 aliphatic rings. The highest BCUT2D eigenvalue weighted by molar-refractivity contribution is 6.04. The highest BCUT2D eigenvalue weighted by Crippen LogP contribution is 2.38. The lowest BCUT2D eigenvalue weighted by molar-refractivity contribution is -0.111. The smallest absolute Gasteiger partial charge is 0.248 e. The van der Waals surface area contributed by atoms with Gasteiger partial charge in [0, 0.05) is 43.4 Å². The molecule has 0 bridgehead atoms. The zero-order chi connectivity index (χ0) is 36.0. The maximum absolute atomic E-state index is 13.1. The van der Waals surface area contributed by atoms with Gasteiger partial charge in [-0.15, -0.1) is 15.0 Å². The summed E-state index contributed by atoms with van der Waals surface area (Å²) in [4.78, 5) is 21.5. The first-order chi connectivity index (χ1) is 25.4. The van der Waals surface area contributed by atoms with Gasteiger partial charge in [-0.2, -0.15) is 0 Å². The van der Waals surface area contributed by atoms with Crippen molar-refractivity contribution < 1.29 is 23.7 Å². The molecule has 0 aliphatic carbocycles. The van der Waals surface area contributed by atoms with Crippen molar-refractivity contribution in [1.82, 2.24) is 30.1 Å². The summed E-state index contributed by atoms with van der Waals surface area (Å²) < 4.78 is 22.1. The monoisotopic (exact) mass is 697 g/mol. The number of nitrogens with zero attached hydrogens (tertiary/aromatic N) is 6. The average Bonchev–Trinajstić information content (AvgIpc) is 3.68. The van der Waals surface area contributed by atoms with Gasteiger partial charge >= 0.3 is 0 Å². The fourth-order valence-electron chi connectivity index (χ4n) is 6.34. The van der Waals surface area contributed by atoms with Crippen molar-refractivity contribution in [2.24, 2.45) is 0 Å². The summed E-state index contributed by atoms with van der Waals surface area (Å²) in [7, 11) is 6.42. The number of para-hydroxylation sites is 1. The second kappa shape index (κ2) is 15.3. The van der Waals surface area contributed by atoms with Gasteiger partial charge in [0.2, 0.25) is 11.7 Å². The molecule has 6 aromatic rings. The van der Waals surface area contributed by atoms with Gasteiger partial charge in [0.25, 0.3) is 0 Å². The Hall–Kier alpha value is -6.27. The molecule has 7 rings (SSSR count). The van der Waals surface area contributed by atoms with Crippen LogP contribution in [0.15, 0.2) is 91.1 Å². The molecule has 52 heavy (non-hydrogen) atoms. The van der Waals surface area contributed by atoms with E-state index in [0.717, 1.165) is 66.1 Å². The number of tetrazole rings is 1. The second-order valence-electron chi connectivity index (χ2n) is 12.4. The molecule has 0 saturated heterocycles. The minimum absolute atomic E-state index is 0.308. The summed E-state index contributed by atoms with van der Waals surface area (Å²) in [5.74, 6) is 2.41. The van der Waals surface area contributed by atoms with Gasteiger partial charge < -0.3 is 24.3 Å². The molecule has 0 saturated carbocycles. The Balaban J connectivity index is 1.04. The lowest BCUT2D eigenvalue weighted by Crippen LogP contribution is -2.32. The highest BCUT2D eigenvalue weighted by atomic mass is 16.5. The van der Waals surface area contributed by atoms with Crippen LogP contribution in [0.3, 0.4) is 0 Å². The molecule has 2 aromatic heterocycles. The van der Waals surface area contributed by atoms with E-state index in [0.29, 0.717) is 28.6 Å². The summed E-state index contributed by atoms with van der Waals surface area (Å²) in [5.41, 5.74) is 7.21. The first-order valence-electron chi connectivity index (χ1n) is 16.9. The first kappa shape index (κ1) is 34.2. The number of anilines is 1. The number of carbonyl (C=O) groups excluding carboxylic acids is 1. The van der Waals surface area contributed by atoms with Crippen LogP contribution in [0.25, 0.3) is 34.1 Å². The number of ether oxygens (including phenoxy) is 4. The van der Waals surface area contributed by atoms with Gasteiger partial charge in [0.05, 0.1) is 50.9 Å². The molecular formula is C40H39N7O5. The van der Waals surface area contributed by atoms with Crippen molar-refractivity contribution in [3.63, 3.8) is 0 Å². The molecule has 1 amide bonds. The van der Waals surface area contributed by atoms with Crippen LogP contribution in [0.1, 0.15) is 22.3 Å². The van der Waals surface area contributed by atoms with E-state index in [1.54, 1.807) is 45.7 Å². The minimum atomic E-state index is -0.349. The van der Waals surface area contributed by atoms with Crippen molar-refractivity contribution in [2.45, 2.75) is 19.4 Å². The summed E-state index contributed by atoms with van der Waals surface area (Å²) in [6.45, 7) is 2.79. The van der Waals surface area contributed by atoms with Crippen molar-refractivity contribution in [1.29, 1.82) is 0 Å². The number of carbonyl (C=O) groups is 1. The largest absolute Gasteiger partial charge is 0.493 e. The number of amides is 1. The molecule has 12 nitrogen and oxygen atoms in total. The molecule has 12 heteroatoms. The quantitative estimate of drug-likeness (QED) is 0.149. The number of benzene rings is 4. The van der Waals surface area contributed by atoms with Crippen molar-refractivity contribution >= 4 is 28.6 Å². The van der Waals surface area contributed by atoms with E-state index >= 15 is 0 Å². The topological polar surface area (TPSA) is 126 Å². The first-order valence-corrected chi connectivity index (χ1v) is 16.9. The van der Waals surface area contributed by atoms with E-state index in [9.17, 15) is 4.79 Å². The lowest BCUT2D eigenvalue weighted by Gasteiger charge is -2.29. The number of methoxy groups -OCH3 is 4. The predicted octanol–water partition coefficient (Wildman–Crippen LogP) is 6.16. The average molecular weight is 698 g/mol. The summed E-state index contributed by atoms with van der Waals surface area (Å²) >= 11 is 0. The van der Waals surface area contributed by atoms with E-state index in [4.69, 9.17) is 18.9 Å². The molecule has 3 heterocycles. The Morgan fingerprint density at radius 3 is 2.33 bits per heavy atom. The Labute approximate surface area is 301 Å². The van der Waals surface area contributed by atoms with Crippen molar-refractivity contribution in [2.75, 3.05) is 46.8 Å². The van der Waals surface area contributed by atoms with E-state index in [1.807, 2.05) is 42.5 Å². The number of fused-ring (bicyclic) bond motifs is 2. The molecule has 264 valence electrons. The zero-order valence-electron chi connectivity index (χ0n) is 29.5. The summed E-state index contributed by atoms with van der Waals surface area (Å²) in [6.07, 6.45) is 6.77. The van der Waals surface area contributed by atoms with E-state index < -0.39 is 0 Å². The van der Waals surface area contributed by atoms with Gasteiger partial charge in [-0.1, -0.05) is 30.3 Å². The van der Waals surface area contributed by atoms with Gasteiger partial charge in [0.15, 0.2) is 23.0 Å². The third-order valence-electron chi connectivity index (χ3n) is 9.16. The van der Waals surface area contributed by atoms with Crippen LogP contribution in [-0.2, 0) is 24.2 Å². The van der Waals surface area contributed by atoms with Gasteiger partial charge in [-0.05, 0) is 88.8 Å². The van der Waals surface area contributed by atoms with Gasteiger partial charge in [-0.25, -0.2) is 0 Å². The fourth-order valence-corrected chi connectivity index (χ4v) is 6.34. The highest BCUT2D eigenvalue weighted by Gasteiger charge is 2.21. The molecule has 1 aliphatic heterocycles. The molecule has 4 aromatic carbocycles. The number of hydrogen-bond donors (Lipinski definition) is 1. The van der Waals surface area contributed by atoms with Crippen LogP contribution in [0.4, 0.5) is 5.69 Å². The number of nitrogens with one attached hydrogen (secondary N) is 1. The molecule has 1 N–H and O–H groups in total. The standard InChI is InChI=1S/C40H39N7O5/c1-49-35-20-28-16-18-46(25-30(28)21-36(35)50-2)17-15-26-9-12-31(13-10-26)47-44-40(43-45-47)32-22-37(51-3)38(52-4)23-34(32)42-39(48)14-11-27-19-29-7-5-6-8-33(29)41-24-27/h5-14,19-24H,15-18,25H2,1-4H3,(H,42,48)/b14-11+. The summed E-state index contributed by atoms with van der Waals surface area (Å²) in [6, 6.07) is 25.5. The lowest BCUT2D eigenvalue weighted by atomic mass is 9.98. The Bertz CT molecular complexity index is 2250. The van der Waals surface area contributed by atoms with Crippen LogP contribution in [0.2, 0.25) is 0 Å². The second-order valence-corrected chi connectivity index (χ2v) is 12.4. The Morgan fingerprint density at radius 2 is 1.56 bits per heavy atom. The van der Waals surface area contributed by atoms with Crippen LogP contribution < -0.4 is 24.3 Å². The Morgan fingerprint density at radius 1 is 0.846 bits per heavy atom. The third-order valence-corrected chi connectivity index (χ3v) is 9.16. The van der Waals surface area contributed by atoms with Crippen molar-refractivity contribution in [3.05, 3.63) is 113 Å². The number of aromatic nitrogens is 5. The minimum Gasteiger partial charge on any atom is -0.493 e. The molecule has 0 fully saturated rings. The molecule has 0 unspecified atom stereocenters. The number of hydrogen-bond acceptors (Lipinski definition) is 10. The maximum atomic E-state index is 13.1. The normalized spacial score (nSPS) is 12.8. The predicted molar refractivity (Wildman–Crippen MR) is 199 cm³/mol. The molecule has 0 atom stereocenters. The third kappa shape index (κ3) is 7.42. The Kier molecular flexibility index (Phi) is 10.1. The van der Waals surface area contributed by atoms with Crippen LogP contribution in [0.5, 0.6) is 23.0 Å². The van der Waals surface area contributed by atoms with Crippen LogP contribution >= 0.6 is 0 Å². The molecular weight excluding hydrogens is 658 g/mol. The van der Waals surface area contributed by atoms with Crippen LogP contribution in [0, 0.1) is 0 Å². The van der Waals surface area contributed by atoms with E-state index in [-0.39, 0.29) is 5.91 Å². The molecule has 0 radical (unpaired) electrons. The zero-order valence-corrected chi connectivity index (χ0v) is 29.5. The summed E-state index contributed by atoms with van der Waals surface area (Å²) in [5, 5.41) is 17.2. The van der Waals surface area contributed by atoms with Gasteiger partial charge in [-0.3, -0.25) is 14.7 Å². The number of rotatable bonds is 12. The van der Waals surface area contributed by atoms with Crippen molar-refractivity contribution in [3.8, 4) is 40.1 Å². The SMILES string of the molecule is COc1cc2c(cc1OC)CN(CCc1ccc(-n3nnc(-c4cc(OC)c(OC)cc4NC(=O)/C=C/c4cnc5ccccc5c4)n3)cc1)CC2. The fraction of sp³-hybridized carbons (Fsp3) is 0.225. The van der Waals surface area contributed by atoms with E-state index in [1.165, 1.54) is 34.7 Å².